The van der Waals surface area contributed by atoms with Crippen LogP contribution in [0.1, 0.15) is 58.4 Å². The number of carbonyl (C=O) groups excluding carboxylic acids is 1. The Balaban J connectivity index is 2.79. The fourth-order valence-corrected chi connectivity index (χ4v) is 2.33. The number of carbonyl (C=O) groups is 1. The van der Waals surface area contributed by atoms with Crippen molar-refractivity contribution in [1.82, 2.24) is 0 Å². The highest BCUT2D eigenvalue weighted by atomic mass is 17.2. The minimum atomic E-state index is -0.434. The van der Waals surface area contributed by atoms with Gasteiger partial charge >= 0.3 is 5.97 Å². The predicted octanol–water partition coefficient (Wildman–Crippen LogP) is 4.13. The number of benzene rings is 1. The standard InChI is InChI=1S/C18H28O4/c1-11-12(2)14(4)16(15(5)13(11)3)17(19)22-21-10-9-18(6,7)20-8/h9-10H2,1-8H3. The maximum atomic E-state index is 12.3. The molecule has 0 saturated heterocycles. The average Bonchev–Trinajstić information content (AvgIpc) is 2.48. The zero-order valence-electron chi connectivity index (χ0n) is 15.0. The van der Waals surface area contributed by atoms with Crippen molar-refractivity contribution in [2.45, 2.75) is 60.5 Å². The Morgan fingerprint density at radius 1 is 0.909 bits per heavy atom. The second-order valence-electron chi connectivity index (χ2n) is 6.41. The van der Waals surface area contributed by atoms with Crippen LogP contribution in [0.3, 0.4) is 0 Å². The molecule has 0 N–H and O–H groups in total. The number of ether oxygens (including phenoxy) is 1. The summed E-state index contributed by atoms with van der Waals surface area (Å²) in [6.07, 6.45) is 0.640. The Kier molecular flexibility index (Phi) is 6.15. The van der Waals surface area contributed by atoms with E-state index in [2.05, 4.69) is 6.92 Å². The molecule has 0 bridgehead atoms. The zero-order valence-corrected chi connectivity index (χ0v) is 15.0. The Bertz CT molecular complexity index is 530. The van der Waals surface area contributed by atoms with Crippen molar-refractivity contribution < 1.29 is 19.3 Å². The van der Waals surface area contributed by atoms with Crippen LogP contribution in [0.25, 0.3) is 0 Å². The summed E-state index contributed by atoms with van der Waals surface area (Å²) in [6.45, 7) is 14.2. The van der Waals surface area contributed by atoms with Crippen LogP contribution in [0, 0.1) is 34.6 Å². The van der Waals surface area contributed by atoms with Crippen molar-refractivity contribution in [2.24, 2.45) is 0 Å². The minimum Gasteiger partial charge on any atom is -0.379 e. The number of hydrogen-bond donors (Lipinski definition) is 0. The largest absolute Gasteiger partial charge is 0.379 e. The van der Waals surface area contributed by atoms with E-state index in [9.17, 15) is 4.79 Å². The third-order valence-corrected chi connectivity index (χ3v) is 4.68. The predicted molar refractivity (Wildman–Crippen MR) is 87.2 cm³/mol. The SMILES string of the molecule is COC(C)(C)CCOOC(=O)c1c(C)c(C)c(C)c(C)c1C. The lowest BCUT2D eigenvalue weighted by Crippen LogP contribution is -2.25. The van der Waals surface area contributed by atoms with Gasteiger partial charge in [0, 0.05) is 13.5 Å². The molecule has 1 aromatic carbocycles. The highest BCUT2D eigenvalue weighted by Crippen LogP contribution is 2.26. The van der Waals surface area contributed by atoms with Gasteiger partial charge in [-0.25, -0.2) is 4.79 Å². The molecular formula is C18H28O4. The molecule has 0 fully saturated rings. The molecule has 4 nitrogen and oxygen atoms in total. The van der Waals surface area contributed by atoms with E-state index in [0.717, 1.165) is 22.3 Å². The monoisotopic (exact) mass is 308 g/mol. The summed E-state index contributed by atoms with van der Waals surface area (Å²) in [5.74, 6) is -0.434. The van der Waals surface area contributed by atoms with Gasteiger partial charge in [-0.2, -0.15) is 4.89 Å². The number of methoxy groups -OCH3 is 1. The molecular weight excluding hydrogens is 280 g/mol. The second-order valence-corrected chi connectivity index (χ2v) is 6.41. The Labute approximate surface area is 133 Å². The van der Waals surface area contributed by atoms with Crippen molar-refractivity contribution in [3.63, 3.8) is 0 Å². The Hall–Kier alpha value is -1.39. The third-order valence-electron chi connectivity index (χ3n) is 4.68. The fourth-order valence-electron chi connectivity index (χ4n) is 2.33. The maximum absolute atomic E-state index is 12.3. The van der Waals surface area contributed by atoms with Crippen molar-refractivity contribution in [1.29, 1.82) is 0 Å². The summed E-state index contributed by atoms with van der Waals surface area (Å²) >= 11 is 0. The van der Waals surface area contributed by atoms with Gasteiger partial charge in [0.05, 0.1) is 17.8 Å². The molecule has 1 aromatic rings. The summed E-state index contributed by atoms with van der Waals surface area (Å²) < 4.78 is 5.29. The van der Waals surface area contributed by atoms with Crippen LogP contribution in [0.5, 0.6) is 0 Å². The van der Waals surface area contributed by atoms with Gasteiger partial charge in [-0.15, -0.1) is 0 Å². The summed E-state index contributed by atoms with van der Waals surface area (Å²) in [7, 11) is 1.65. The van der Waals surface area contributed by atoms with Gasteiger partial charge < -0.3 is 4.74 Å². The average molecular weight is 308 g/mol. The van der Waals surface area contributed by atoms with Crippen LogP contribution in [0.2, 0.25) is 0 Å². The summed E-state index contributed by atoms with van der Waals surface area (Å²) in [4.78, 5) is 22.4. The normalized spacial score (nSPS) is 11.6. The lowest BCUT2D eigenvalue weighted by Gasteiger charge is -2.22. The van der Waals surface area contributed by atoms with E-state index < -0.39 is 5.97 Å². The lowest BCUT2D eigenvalue weighted by atomic mass is 9.90. The van der Waals surface area contributed by atoms with Crippen molar-refractivity contribution in [3.05, 3.63) is 33.4 Å². The summed E-state index contributed by atoms with van der Waals surface area (Å²) in [5, 5.41) is 0. The molecule has 0 atom stereocenters. The van der Waals surface area contributed by atoms with Gasteiger partial charge in [0.15, 0.2) is 0 Å². The van der Waals surface area contributed by atoms with E-state index in [1.807, 2.05) is 41.5 Å². The maximum Gasteiger partial charge on any atom is 0.373 e. The molecule has 0 aliphatic heterocycles. The van der Waals surface area contributed by atoms with E-state index in [0.29, 0.717) is 18.6 Å². The molecule has 22 heavy (non-hydrogen) atoms. The van der Waals surface area contributed by atoms with E-state index >= 15 is 0 Å². The lowest BCUT2D eigenvalue weighted by molar-refractivity contribution is -0.247. The van der Waals surface area contributed by atoms with Gasteiger partial charge in [0.2, 0.25) is 0 Å². The van der Waals surface area contributed by atoms with E-state index in [1.165, 1.54) is 5.56 Å². The van der Waals surface area contributed by atoms with Crippen LogP contribution >= 0.6 is 0 Å². The van der Waals surface area contributed by atoms with Gasteiger partial charge in [-0.3, -0.25) is 4.89 Å². The van der Waals surface area contributed by atoms with Gasteiger partial charge in [0.25, 0.3) is 0 Å². The van der Waals surface area contributed by atoms with E-state index in [4.69, 9.17) is 14.5 Å². The quantitative estimate of drug-likeness (QED) is 0.450. The first-order chi connectivity index (χ1) is 10.1. The summed E-state index contributed by atoms with van der Waals surface area (Å²) in [5.41, 5.74) is 5.67. The number of rotatable bonds is 6. The summed E-state index contributed by atoms with van der Waals surface area (Å²) in [6, 6.07) is 0. The Morgan fingerprint density at radius 2 is 1.36 bits per heavy atom. The highest BCUT2D eigenvalue weighted by molar-refractivity contribution is 5.93. The molecule has 0 amide bonds. The first-order valence-corrected chi connectivity index (χ1v) is 7.58. The first-order valence-electron chi connectivity index (χ1n) is 7.58. The molecule has 124 valence electrons. The third kappa shape index (κ3) is 4.08. The van der Waals surface area contributed by atoms with E-state index in [-0.39, 0.29) is 5.60 Å². The van der Waals surface area contributed by atoms with E-state index in [1.54, 1.807) is 7.11 Å². The van der Waals surface area contributed by atoms with Crippen LogP contribution < -0.4 is 0 Å². The van der Waals surface area contributed by atoms with Crippen molar-refractivity contribution in [3.8, 4) is 0 Å². The topological polar surface area (TPSA) is 44.8 Å². The van der Waals surface area contributed by atoms with Gasteiger partial charge in [-0.1, -0.05) is 0 Å². The fraction of sp³-hybridized carbons (Fsp3) is 0.611. The molecule has 0 aromatic heterocycles. The molecule has 0 spiro atoms. The molecule has 0 aliphatic rings. The van der Waals surface area contributed by atoms with Crippen LogP contribution in [0.15, 0.2) is 0 Å². The first kappa shape index (κ1) is 18.7. The second kappa shape index (κ2) is 7.25. The van der Waals surface area contributed by atoms with Crippen molar-refractivity contribution in [2.75, 3.05) is 13.7 Å². The minimum absolute atomic E-state index is 0.296. The van der Waals surface area contributed by atoms with Crippen LogP contribution in [0.4, 0.5) is 0 Å². The zero-order chi connectivity index (χ0) is 17.1. The molecule has 4 heteroatoms. The smallest absolute Gasteiger partial charge is 0.373 e. The highest BCUT2D eigenvalue weighted by Gasteiger charge is 2.21. The van der Waals surface area contributed by atoms with Crippen LogP contribution in [-0.2, 0) is 14.5 Å². The molecule has 0 heterocycles. The molecule has 0 unspecified atom stereocenters. The molecule has 0 radical (unpaired) electrons. The molecule has 1 rings (SSSR count). The van der Waals surface area contributed by atoms with Gasteiger partial charge in [0.1, 0.15) is 0 Å². The van der Waals surface area contributed by atoms with Crippen LogP contribution in [-0.4, -0.2) is 25.3 Å². The number of hydrogen-bond acceptors (Lipinski definition) is 4. The Morgan fingerprint density at radius 3 is 1.82 bits per heavy atom. The van der Waals surface area contributed by atoms with Crippen molar-refractivity contribution >= 4 is 5.97 Å². The van der Waals surface area contributed by atoms with Gasteiger partial charge in [-0.05, 0) is 76.3 Å². The molecule has 0 aliphatic carbocycles. The molecule has 0 saturated carbocycles.